The van der Waals surface area contributed by atoms with E-state index in [2.05, 4.69) is 0 Å². The Morgan fingerprint density at radius 1 is 0.540 bits per heavy atom. The van der Waals surface area contributed by atoms with Crippen LogP contribution in [0.2, 0.25) is 0 Å². The number of aromatic carboxylic acids is 2. The Kier molecular flexibility index (Phi) is 10.2. The van der Waals surface area contributed by atoms with Gasteiger partial charge in [0, 0.05) is 29.8 Å². The van der Waals surface area contributed by atoms with Crippen molar-refractivity contribution >= 4 is 29.3 Å². The van der Waals surface area contributed by atoms with E-state index >= 15 is 0 Å². The topological polar surface area (TPSA) is 224 Å². The van der Waals surface area contributed by atoms with Crippen LogP contribution < -0.4 is 19.1 Å². The van der Waals surface area contributed by atoms with Gasteiger partial charge in [0.1, 0.15) is 35.4 Å². The molecule has 16 nitrogen and oxygen atoms in total. The number of nitro benzene ring substituents is 2. The first-order chi connectivity index (χ1) is 24.0. The lowest BCUT2D eigenvalue weighted by Crippen LogP contribution is -2.14. The lowest BCUT2D eigenvalue weighted by atomic mass is 10.1. The molecule has 0 spiro atoms. The molecule has 16 heteroatoms. The Labute approximate surface area is 280 Å². The molecule has 0 aliphatic rings. The third kappa shape index (κ3) is 8.52. The number of carboxylic acids is 2. The standard InChI is InChI=1S/C34H22N2O14/c37-32(38)29-15-1-21(35(42)43)17-20(29)19-46-50-28-13-11-26(12-14-28)48-24-5-3-23(4-6-24)47-25-7-9-27(10-8-25)49-34(41)31-18-22(36(44)45)2-16-30(31)33(39)40/h1-18H,19H2,(H,37,38)(H,39,40). The maximum Gasteiger partial charge on any atom is 0.344 e. The van der Waals surface area contributed by atoms with Gasteiger partial charge in [0.15, 0.2) is 5.75 Å². The summed E-state index contributed by atoms with van der Waals surface area (Å²) in [5.41, 5.74) is -1.76. The molecule has 0 aromatic heterocycles. The number of nitro groups is 2. The maximum absolute atomic E-state index is 12.6. The van der Waals surface area contributed by atoms with Crippen LogP contribution in [-0.4, -0.2) is 38.0 Å². The number of rotatable bonds is 14. The predicted octanol–water partition coefficient (Wildman–Crippen LogP) is 7.21. The molecule has 5 aromatic rings. The number of nitrogens with zero attached hydrogens (tertiary/aromatic N) is 2. The molecule has 0 aliphatic carbocycles. The highest BCUT2D eigenvalue weighted by Gasteiger charge is 2.22. The summed E-state index contributed by atoms with van der Waals surface area (Å²) in [6, 6.07) is 24.7. The van der Waals surface area contributed by atoms with Gasteiger partial charge in [-0.05, 0) is 84.9 Å². The zero-order valence-electron chi connectivity index (χ0n) is 25.3. The third-order valence-corrected chi connectivity index (χ3v) is 6.72. The number of hydrogen-bond donors (Lipinski definition) is 2. The minimum absolute atomic E-state index is 0.0479. The van der Waals surface area contributed by atoms with Crippen molar-refractivity contribution in [3.05, 3.63) is 152 Å². The molecular formula is C34H22N2O14. The SMILES string of the molecule is O=C(O)c1ccc([N+](=O)[O-])cc1COOc1ccc(Oc2ccc(Oc3ccc(OC(=O)c4cc([N+](=O)[O-])ccc4C(=O)O)cc3)cc2)cc1. The summed E-state index contributed by atoms with van der Waals surface area (Å²) in [6.07, 6.45) is 0. The molecule has 5 rings (SSSR count). The van der Waals surface area contributed by atoms with Gasteiger partial charge in [-0.3, -0.25) is 20.2 Å². The fourth-order valence-corrected chi connectivity index (χ4v) is 4.33. The second kappa shape index (κ2) is 15.1. The van der Waals surface area contributed by atoms with E-state index in [0.29, 0.717) is 23.0 Å². The van der Waals surface area contributed by atoms with Gasteiger partial charge < -0.3 is 29.3 Å². The zero-order chi connectivity index (χ0) is 35.8. The summed E-state index contributed by atoms with van der Waals surface area (Å²) < 4.78 is 16.8. The molecule has 0 bridgehead atoms. The van der Waals surface area contributed by atoms with Gasteiger partial charge in [-0.2, -0.15) is 4.89 Å². The van der Waals surface area contributed by atoms with Crippen LogP contribution in [0.15, 0.2) is 109 Å². The highest BCUT2D eigenvalue weighted by molar-refractivity contribution is 6.03. The quantitative estimate of drug-likeness (QED) is 0.0388. The lowest BCUT2D eigenvalue weighted by molar-refractivity contribution is -0.385. The van der Waals surface area contributed by atoms with E-state index in [9.17, 15) is 44.8 Å². The molecule has 5 aromatic carbocycles. The van der Waals surface area contributed by atoms with E-state index in [1.54, 1.807) is 36.4 Å². The molecular weight excluding hydrogens is 660 g/mol. The Morgan fingerprint density at radius 2 is 0.960 bits per heavy atom. The molecule has 0 amide bonds. The van der Waals surface area contributed by atoms with E-state index in [0.717, 1.165) is 36.4 Å². The van der Waals surface area contributed by atoms with Gasteiger partial charge >= 0.3 is 17.9 Å². The molecule has 0 aliphatic heterocycles. The highest BCUT2D eigenvalue weighted by atomic mass is 17.2. The number of ether oxygens (including phenoxy) is 3. The lowest BCUT2D eigenvalue weighted by Gasteiger charge is -2.10. The summed E-state index contributed by atoms with van der Waals surface area (Å²) in [6.45, 7) is -0.355. The fraction of sp³-hybridized carbons (Fsp3) is 0.0294. The molecule has 0 saturated carbocycles. The van der Waals surface area contributed by atoms with E-state index in [4.69, 9.17) is 24.0 Å². The molecule has 0 fully saturated rings. The number of carbonyl (C=O) groups excluding carboxylic acids is 1. The number of hydrogen-bond acceptors (Lipinski definition) is 12. The van der Waals surface area contributed by atoms with Crippen molar-refractivity contribution < 1.29 is 58.4 Å². The van der Waals surface area contributed by atoms with Gasteiger partial charge in [-0.25, -0.2) is 14.4 Å². The van der Waals surface area contributed by atoms with Gasteiger partial charge in [-0.1, -0.05) is 0 Å². The summed E-state index contributed by atoms with van der Waals surface area (Å²) in [4.78, 5) is 66.5. The van der Waals surface area contributed by atoms with Crippen LogP contribution in [0.25, 0.3) is 0 Å². The molecule has 50 heavy (non-hydrogen) atoms. The molecule has 0 radical (unpaired) electrons. The Hall–Kier alpha value is -7.33. The molecule has 0 saturated heterocycles. The van der Waals surface area contributed by atoms with Crippen molar-refractivity contribution in [2.75, 3.05) is 0 Å². The normalized spacial score (nSPS) is 10.5. The smallest absolute Gasteiger partial charge is 0.344 e. The van der Waals surface area contributed by atoms with Crippen molar-refractivity contribution in [2.24, 2.45) is 0 Å². The number of benzene rings is 5. The predicted molar refractivity (Wildman–Crippen MR) is 170 cm³/mol. The van der Waals surface area contributed by atoms with E-state index in [1.807, 2.05) is 0 Å². The molecule has 0 heterocycles. The fourth-order valence-electron chi connectivity index (χ4n) is 4.33. The molecule has 0 unspecified atom stereocenters. The van der Waals surface area contributed by atoms with Crippen molar-refractivity contribution in [3.63, 3.8) is 0 Å². The Morgan fingerprint density at radius 3 is 1.42 bits per heavy atom. The van der Waals surface area contributed by atoms with Crippen LogP contribution in [0.4, 0.5) is 11.4 Å². The summed E-state index contributed by atoms with van der Waals surface area (Å²) in [5, 5.41) is 40.8. The molecule has 252 valence electrons. The average Bonchev–Trinajstić information content (AvgIpc) is 3.10. The van der Waals surface area contributed by atoms with Crippen LogP contribution >= 0.6 is 0 Å². The van der Waals surface area contributed by atoms with Crippen LogP contribution in [-0.2, 0) is 11.5 Å². The van der Waals surface area contributed by atoms with Crippen molar-refractivity contribution in [3.8, 4) is 34.5 Å². The van der Waals surface area contributed by atoms with E-state index < -0.39 is 44.6 Å². The van der Waals surface area contributed by atoms with E-state index in [1.165, 1.54) is 36.4 Å². The Bertz CT molecular complexity index is 2080. The van der Waals surface area contributed by atoms with Crippen LogP contribution in [0.3, 0.4) is 0 Å². The third-order valence-electron chi connectivity index (χ3n) is 6.72. The monoisotopic (exact) mass is 682 g/mol. The summed E-state index contributed by atoms with van der Waals surface area (Å²) >= 11 is 0. The van der Waals surface area contributed by atoms with Gasteiger partial charge in [0.2, 0.25) is 0 Å². The molecule has 2 N–H and O–H groups in total. The van der Waals surface area contributed by atoms with Crippen molar-refractivity contribution in [1.29, 1.82) is 0 Å². The first-order valence-corrected chi connectivity index (χ1v) is 14.2. The second-order valence-corrected chi connectivity index (χ2v) is 10.0. The Balaban J connectivity index is 1.13. The number of carboxylic acid groups (broad SMARTS) is 2. The minimum atomic E-state index is -1.45. The van der Waals surface area contributed by atoms with Gasteiger partial charge in [0.05, 0.1) is 26.5 Å². The average molecular weight is 683 g/mol. The first kappa shape index (κ1) is 34.0. The highest BCUT2D eigenvalue weighted by Crippen LogP contribution is 2.29. The van der Waals surface area contributed by atoms with Crippen LogP contribution in [0, 0.1) is 20.2 Å². The second-order valence-electron chi connectivity index (χ2n) is 10.0. The number of carbonyl (C=O) groups is 3. The van der Waals surface area contributed by atoms with Crippen molar-refractivity contribution in [2.45, 2.75) is 6.61 Å². The number of non-ortho nitro benzene ring substituents is 2. The first-order valence-electron chi connectivity index (χ1n) is 14.2. The van der Waals surface area contributed by atoms with Gasteiger partial charge in [0.25, 0.3) is 11.4 Å². The van der Waals surface area contributed by atoms with Crippen LogP contribution in [0.1, 0.15) is 36.6 Å². The summed E-state index contributed by atoms with van der Waals surface area (Å²) in [7, 11) is 0. The minimum Gasteiger partial charge on any atom is -0.478 e. The summed E-state index contributed by atoms with van der Waals surface area (Å²) in [5.74, 6) is -1.74. The van der Waals surface area contributed by atoms with Gasteiger partial charge in [-0.15, -0.1) is 0 Å². The van der Waals surface area contributed by atoms with Crippen molar-refractivity contribution in [1.82, 2.24) is 0 Å². The zero-order valence-corrected chi connectivity index (χ0v) is 25.3. The maximum atomic E-state index is 12.6. The largest absolute Gasteiger partial charge is 0.478 e. The van der Waals surface area contributed by atoms with Crippen LogP contribution in [0.5, 0.6) is 34.5 Å². The molecule has 0 atom stereocenters. The van der Waals surface area contributed by atoms with E-state index in [-0.39, 0.29) is 34.9 Å². The number of esters is 1.